The number of piperidine rings is 1. The lowest BCUT2D eigenvalue weighted by molar-refractivity contribution is 0.0721. The Morgan fingerprint density at radius 2 is 1.77 bits per heavy atom. The molecular formula is C25H28N2O2S. The fourth-order valence-electron chi connectivity index (χ4n) is 3.79. The second-order valence-corrected chi connectivity index (χ2v) is 9.88. The molecule has 1 aromatic carbocycles. The molecule has 0 bridgehead atoms. The number of carbonyl (C=O) groups excluding carboxylic acids is 1. The van der Waals surface area contributed by atoms with Gasteiger partial charge < -0.3 is 10.0 Å². The van der Waals surface area contributed by atoms with Crippen molar-refractivity contribution in [1.29, 1.82) is 0 Å². The summed E-state index contributed by atoms with van der Waals surface area (Å²) in [6, 6.07) is 11.7. The highest BCUT2D eigenvalue weighted by Crippen LogP contribution is 2.36. The summed E-state index contributed by atoms with van der Waals surface area (Å²) in [5, 5.41) is 12.6. The summed E-state index contributed by atoms with van der Waals surface area (Å²) >= 11 is 1.67. The number of nitrogens with zero attached hydrogens (tertiary/aromatic N) is 2. The number of amides is 1. The van der Waals surface area contributed by atoms with Gasteiger partial charge in [0.05, 0.1) is 5.56 Å². The van der Waals surface area contributed by atoms with E-state index >= 15 is 0 Å². The molecule has 0 radical (unpaired) electrons. The average molecular weight is 421 g/mol. The molecule has 1 saturated heterocycles. The summed E-state index contributed by atoms with van der Waals surface area (Å²) < 4.78 is 0. The predicted molar refractivity (Wildman–Crippen MR) is 123 cm³/mol. The molecule has 0 saturated carbocycles. The minimum Gasteiger partial charge on any atom is -0.507 e. The van der Waals surface area contributed by atoms with Gasteiger partial charge >= 0.3 is 0 Å². The largest absolute Gasteiger partial charge is 0.507 e. The lowest BCUT2D eigenvalue weighted by Gasteiger charge is -2.27. The molecule has 1 fully saturated rings. The Bertz CT molecular complexity index is 1060. The van der Waals surface area contributed by atoms with E-state index in [1.807, 2.05) is 23.2 Å². The molecule has 0 spiro atoms. The van der Waals surface area contributed by atoms with Crippen molar-refractivity contribution in [2.45, 2.75) is 45.4 Å². The molecule has 3 heterocycles. The van der Waals surface area contributed by atoms with Crippen molar-refractivity contribution in [2.24, 2.45) is 0 Å². The standard InChI is InChI=1S/C25H28N2O2S/c1-25(2,3)23-15-18(9-10-26-23)22-14-19(16-30-22)17-7-8-20(21(28)13-17)24(29)27-11-5-4-6-12-27/h7-10,13-16,28H,4-6,11-12H2,1-3H3. The van der Waals surface area contributed by atoms with Crippen LogP contribution < -0.4 is 0 Å². The Morgan fingerprint density at radius 3 is 2.47 bits per heavy atom. The first-order chi connectivity index (χ1) is 14.3. The number of aromatic hydroxyl groups is 1. The van der Waals surface area contributed by atoms with Crippen LogP contribution in [0.4, 0.5) is 0 Å². The van der Waals surface area contributed by atoms with Crippen molar-refractivity contribution >= 4 is 17.2 Å². The molecule has 30 heavy (non-hydrogen) atoms. The molecule has 1 amide bonds. The molecule has 2 aromatic heterocycles. The van der Waals surface area contributed by atoms with Crippen molar-refractivity contribution in [2.75, 3.05) is 13.1 Å². The van der Waals surface area contributed by atoms with Gasteiger partial charge in [-0.3, -0.25) is 9.78 Å². The maximum atomic E-state index is 12.7. The second-order valence-electron chi connectivity index (χ2n) is 8.96. The van der Waals surface area contributed by atoms with E-state index in [0.29, 0.717) is 5.56 Å². The molecule has 0 unspecified atom stereocenters. The van der Waals surface area contributed by atoms with E-state index in [4.69, 9.17) is 0 Å². The third-order valence-electron chi connectivity index (χ3n) is 5.62. The number of thiophene rings is 1. The lowest BCUT2D eigenvalue weighted by Crippen LogP contribution is -2.35. The third-order valence-corrected chi connectivity index (χ3v) is 6.60. The number of hydrogen-bond acceptors (Lipinski definition) is 4. The number of phenols is 1. The van der Waals surface area contributed by atoms with Gasteiger partial charge in [-0.15, -0.1) is 11.3 Å². The van der Waals surface area contributed by atoms with E-state index in [1.54, 1.807) is 23.5 Å². The number of rotatable bonds is 3. The number of benzene rings is 1. The molecule has 1 aliphatic rings. The lowest BCUT2D eigenvalue weighted by atomic mass is 9.90. The van der Waals surface area contributed by atoms with Crippen LogP contribution in [0.25, 0.3) is 21.6 Å². The number of phenolic OH excluding ortho intramolecular Hbond substituents is 1. The Balaban J connectivity index is 1.58. The molecule has 156 valence electrons. The van der Waals surface area contributed by atoms with E-state index in [-0.39, 0.29) is 17.1 Å². The molecule has 3 aromatic rings. The number of hydrogen-bond donors (Lipinski definition) is 1. The monoisotopic (exact) mass is 420 g/mol. The van der Waals surface area contributed by atoms with Crippen LogP contribution in [0.2, 0.25) is 0 Å². The number of likely N-dealkylation sites (tertiary alicyclic amines) is 1. The molecule has 0 atom stereocenters. The van der Waals surface area contributed by atoms with E-state index in [1.165, 1.54) is 6.42 Å². The number of carbonyl (C=O) groups is 1. The predicted octanol–water partition coefficient (Wildman–Crippen LogP) is 6.11. The summed E-state index contributed by atoms with van der Waals surface area (Å²) in [5.74, 6) is -0.0222. The van der Waals surface area contributed by atoms with Crippen molar-refractivity contribution in [3.8, 4) is 27.3 Å². The van der Waals surface area contributed by atoms with Crippen LogP contribution in [0.1, 0.15) is 56.1 Å². The molecular weight excluding hydrogens is 392 g/mol. The molecule has 5 heteroatoms. The maximum Gasteiger partial charge on any atom is 0.257 e. The highest BCUT2D eigenvalue weighted by molar-refractivity contribution is 7.14. The van der Waals surface area contributed by atoms with Gasteiger partial charge in [-0.1, -0.05) is 26.8 Å². The van der Waals surface area contributed by atoms with Gasteiger partial charge in [0.25, 0.3) is 5.91 Å². The van der Waals surface area contributed by atoms with Crippen LogP contribution in [0.15, 0.2) is 48.0 Å². The van der Waals surface area contributed by atoms with Gasteiger partial charge in [-0.2, -0.15) is 0 Å². The van der Waals surface area contributed by atoms with E-state index in [2.05, 4.69) is 43.3 Å². The zero-order valence-corrected chi connectivity index (χ0v) is 18.6. The van der Waals surface area contributed by atoms with Gasteiger partial charge in [-0.05, 0) is 71.7 Å². The van der Waals surface area contributed by atoms with Gasteiger partial charge in [0.15, 0.2) is 0 Å². The fraction of sp³-hybridized carbons (Fsp3) is 0.360. The molecule has 0 aliphatic carbocycles. The van der Waals surface area contributed by atoms with Crippen LogP contribution in [-0.4, -0.2) is 34.0 Å². The van der Waals surface area contributed by atoms with Crippen molar-refractivity contribution < 1.29 is 9.90 Å². The highest BCUT2D eigenvalue weighted by atomic mass is 32.1. The van der Waals surface area contributed by atoms with Crippen LogP contribution >= 0.6 is 11.3 Å². The SMILES string of the molecule is CC(C)(C)c1cc(-c2cc(-c3ccc(C(=O)N4CCCCC4)c(O)c3)cs2)ccn1. The molecule has 1 aliphatic heterocycles. The zero-order valence-electron chi connectivity index (χ0n) is 17.8. The highest BCUT2D eigenvalue weighted by Gasteiger charge is 2.21. The maximum absolute atomic E-state index is 12.7. The quantitative estimate of drug-likeness (QED) is 0.556. The first-order valence-electron chi connectivity index (χ1n) is 10.5. The summed E-state index contributed by atoms with van der Waals surface area (Å²) in [5.41, 5.74) is 4.55. The van der Waals surface area contributed by atoms with Crippen LogP contribution in [0.5, 0.6) is 5.75 Å². The summed E-state index contributed by atoms with van der Waals surface area (Å²) in [4.78, 5) is 20.2. The average Bonchev–Trinajstić information content (AvgIpc) is 3.24. The van der Waals surface area contributed by atoms with Gasteiger partial charge in [0, 0.05) is 35.3 Å². The number of aromatic nitrogens is 1. The van der Waals surface area contributed by atoms with Crippen molar-refractivity contribution in [3.63, 3.8) is 0 Å². The Labute approximate surface area is 182 Å². The van der Waals surface area contributed by atoms with Gasteiger partial charge in [-0.25, -0.2) is 0 Å². The van der Waals surface area contributed by atoms with E-state index in [9.17, 15) is 9.90 Å². The first kappa shape index (κ1) is 20.6. The summed E-state index contributed by atoms with van der Waals surface area (Å²) in [6.07, 6.45) is 5.11. The zero-order chi connectivity index (χ0) is 21.3. The molecule has 1 N–H and O–H groups in total. The third kappa shape index (κ3) is 4.26. The van der Waals surface area contributed by atoms with Gasteiger partial charge in [0.1, 0.15) is 5.75 Å². The minimum absolute atomic E-state index is 0.00137. The summed E-state index contributed by atoms with van der Waals surface area (Å²) in [6.45, 7) is 8.03. The van der Waals surface area contributed by atoms with Crippen LogP contribution in [-0.2, 0) is 5.41 Å². The second kappa shape index (κ2) is 8.23. The van der Waals surface area contributed by atoms with Crippen LogP contribution in [0, 0.1) is 0 Å². The van der Waals surface area contributed by atoms with Crippen molar-refractivity contribution in [1.82, 2.24) is 9.88 Å². The van der Waals surface area contributed by atoms with E-state index < -0.39 is 0 Å². The molecule has 4 nitrogen and oxygen atoms in total. The first-order valence-corrected chi connectivity index (χ1v) is 11.4. The van der Waals surface area contributed by atoms with Crippen molar-refractivity contribution in [3.05, 3.63) is 59.2 Å². The smallest absolute Gasteiger partial charge is 0.257 e. The number of pyridine rings is 1. The van der Waals surface area contributed by atoms with Crippen LogP contribution in [0.3, 0.4) is 0 Å². The van der Waals surface area contributed by atoms with Gasteiger partial charge in [0.2, 0.25) is 0 Å². The summed E-state index contributed by atoms with van der Waals surface area (Å²) in [7, 11) is 0. The fourth-order valence-corrected chi connectivity index (χ4v) is 4.71. The Morgan fingerprint density at radius 1 is 1.00 bits per heavy atom. The molecule has 4 rings (SSSR count). The Kier molecular flexibility index (Phi) is 5.65. The Hall–Kier alpha value is -2.66. The topological polar surface area (TPSA) is 53.4 Å². The van der Waals surface area contributed by atoms with E-state index in [0.717, 1.165) is 53.2 Å². The normalized spacial score (nSPS) is 14.7. The minimum atomic E-state index is -0.0729.